The molecule has 2 aromatic heterocycles. The molecule has 0 saturated carbocycles. The van der Waals surface area contributed by atoms with Crippen LogP contribution in [0.5, 0.6) is 0 Å². The Balaban J connectivity index is 1.64. The average molecular weight is 515 g/mol. The standard InChI is InChI=1S/C25H21F4N5O3/c1-15(26)22(35)32-11-19(12-32)33-20-16(7-9-24(37)13-31(2)14-24)8-10-30-21(20)34(23(33)36)18-5-3-17(4-6-18)25(27,28)29/h3-6,8,10,19,37H,1,11-14H2,2H3. The molecule has 1 amide bonds. The summed E-state index contributed by atoms with van der Waals surface area (Å²) in [5, 5.41) is 10.5. The van der Waals surface area contributed by atoms with Crippen LogP contribution in [0.25, 0.3) is 16.9 Å². The van der Waals surface area contributed by atoms with Gasteiger partial charge in [0, 0.05) is 32.4 Å². The van der Waals surface area contributed by atoms with Gasteiger partial charge in [-0.2, -0.15) is 13.2 Å². The summed E-state index contributed by atoms with van der Waals surface area (Å²) in [6.45, 7) is 3.74. The summed E-state index contributed by atoms with van der Waals surface area (Å²) in [7, 11) is 1.83. The lowest BCUT2D eigenvalue weighted by Crippen LogP contribution is -2.59. The normalized spacial score (nSPS) is 17.6. The number of nitrogens with zero attached hydrogens (tertiary/aromatic N) is 5. The molecule has 192 valence electrons. The zero-order valence-electron chi connectivity index (χ0n) is 19.6. The van der Waals surface area contributed by atoms with E-state index in [-0.39, 0.29) is 24.4 Å². The first-order valence-corrected chi connectivity index (χ1v) is 11.3. The average Bonchev–Trinajstić information content (AvgIpc) is 3.07. The number of fused-ring (bicyclic) bond motifs is 1. The number of likely N-dealkylation sites (tertiary alicyclic amines) is 2. The Bertz CT molecular complexity index is 1530. The largest absolute Gasteiger partial charge is 0.416 e. The summed E-state index contributed by atoms with van der Waals surface area (Å²) in [5.41, 5.74) is -1.72. The molecule has 2 aliphatic heterocycles. The van der Waals surface area contributed by atoms with E-state index in [4.69, 9.17) is 0 Å². The second kappa shape index (κ2) is 8.57. The molecule has 0 unspecified atom stereocenters. The maximum absolute atomic E-state index is 13.6. The molecule has 2 fully saturated rings. The number of carbonyl (C=O) groups excluding carboxylic acids is 1. The first-order chi connectivity index (χ1) is 17.4. The van der Waals surface area contributed by atoms with E-state index in [0.717, 1.165) is 12.1 Å². The number of hydrogen-bond acceptors (Lipinski definition) is 5. The minimum absolute atomic E-state index is 0.0182. The van der Waals surface area contributed by atoms with Gasteiger partial charge in [0.25, 0.3) is 5.91 Å². The number of carbonyl (C=O) groups is 1. The molecule has 0 atom stereocenters. The van der Waals surface area contributed by atoms with Crippen LogP contribution in [0.2, 0.25) is 0 Å². The van der Waals surface area contributed by atoms with Crippen LogP contribution in [0.15, 0.2) is 53.7 Å². The van der Waals surface area contributed by atoms with Gasteiger partial charge in [-0.25, -0.2) is 18.7 Å². The third kappa shape index (κ3) is 4.30. The van der Waals surface area contributed by atoms with Crippen molar-refractivity contribution in [2.75, 3.05) is 33.2 Å². The Hall–Kier alpha value is -3.95. The van der Waals surface area contributed by atoms with Crippen LogP contribution < -0.4 is 5.69 Å². The van der Waals surface area contributed by atoms with Gasteiger partial charge in [0.05, 0.1) is 22.9 Å². The van der Waals surface area contributed by atoms with Crippen LogP contribution in [0.3, 0.4) is 0 Å². The molecule has 5 rings (SSSR count). The van der Waals surface area contributed by atoms with Crippen molar-refractivity contribution in [3.05, 3.63) is 70.5 Å². The fourth-order valence-corrected chi connectivity index (χ4v) is 4.68. The number of β-amino-alcohol motifs (C(OH)–C–C–N with tert-alkyl or cyclic N) is 1. The number of aliphatic hydroxyl groups is 1. The van der Waals surface area contributed by atoms with Crippen molar-refractivity contribution in [3.63, 3.8) is 0 Å². The molecule has 0 spiro atoms. The highest BCUT2D eigenvalue weighted by molar-refractivity contribution is 5.91. The van der Waals surface area contributed by atoms with E-state index in [1.165, 1.54) is 32.4 Å². The molecule has 0 aliphatic carbocycles. The van der Waals surface area contributed by atoms with Crippen LogP contribution in [0.1, 0.15) is 17.2 Å². The van der Waals surface area contributed by atoms with Crippen LogP contribution in [-0.2, 0) is 11.0 Å². The highest BCUT2D eigenvalue weighted by Gasteiger charge is 2.38. The number of halogens is 4. The maximum Gasteiger partial charge on any atom is 0.416 e. The molecule has 8 nitrogen and oxygen atoms in total. The van der Waals surface area contributed by atoms with E-state index in [0.29, 0.717) is 24.2 Å². The lowest BCUT2D eigenvalue weighted by Gasteiger charge is -2.40. The first kappa shape index (κ1) is 24.7. The minimum atomic E-state index is -4.54. The summed E-state index contributed by atoms with van der Waals surface area (Å²) in [5.74, 6) is 3.75. The van der Waals surface area contributed by atoms with Gasteiger partial charge in [0.1, 0.15) is 5.52 Å². The molecular weight excluding hydrogens is 494 g/mol. The molecule has 0 radical (unpaired) electrons. The van der Waals surface area contributed by atoms with Gasteiger partial charge >= 0.3 is 11.9 Å². The lowest BCUT2D eigenvalue weighted by atomic mass is 9.95. The Labute approximate surface area is 208 Å². The smallest absolute Gasteiger partial charge is 0.375 e. The zero-order chi connectivity index (χ0) is 26.7. The van der Waals surface area contributed by atoms with Crippen molar-refractivity contribution < 1.29 is 27.5 Å². The number of pyridine rings is 1. The summed E-state index contributed by atoms with van der Waals surface area (Å²) in [6.07, 6.45) is -3.13. The molecule has 4 heterocycles. The molecule has 3 aromatic rings. The molecule has 1 N–H and O–H groups in total. The summed E-state index contributed by atoms with van der Waals surface area (Å²) >= 11 is 0. The van der Waals surface area contributed by atoms with Gasteiger partial charge in [0.15, 0.2) is 17.1 Å². The van der Waals surface area contributed by atoms with Crippen LogP contribution in [-0.4, -0.2) is 73.8 Å². The van der Waals surface area contributed by atoms with Gasteiger partial charge in [-0.15, -0.1) is 0 Å². The number of aromatic nitrogens is 3. The van der Waals surface area contributed by atoms with Gasteiger partial charge in [-0.3, -0.25) is 14.3 Å². The maximum atomic E-state index is 13.6. The predicted molar refractivity (Wildman–Crippen MR) is 126 cm³/mol. The van der Waals surface area contributed by atoms with Gasteiger partial charge in [-0.05, 0) is 37.4 Å². The first-order valence-electron chi connectivity index (χ1n) is 11.3. The Kier molecular flexibility index (Phi) is 5.73. The Morgan fingerprint density at radius 1 is 1.19 bits per heavy atom. The second-order valence-corrected chi connectivity index (χ2v) is 9.29. The van der Waals surface area contributed by atoms with Crippen LogP contribution in [0.4, 0.5) is 17.6 Å². The van der Waals surface area contributed by atoms with Crippen molar-refractivity contribution in [2.24, 2.45) is 0 Å². The molecular formula is C25H21F4N5O3. The highest BCUT2D eigenvalue weighted by atomic mass is 19.4. The van der Waals surface area contributed by atoms with Gasteiger partial charge in [0.2, 0.25) is 0 Å². The fraction of sp³-hybridized carbons (Fsp3) is 0.320. The highest BCUT2D eigenvalue weighted by Crippen LogP contribution is 2.31. The molecule has 2 saturated heterocycles. The van der Waals surface area contributed by atoms with Crippen molar-refractivity contribution in [1.82, 2.24) is 23.9 Å². The van der Waals surface area contributed by atoms with Crippen LogP contribution in [0, 0.1) is 11.8 Å². The molecule has 2 aliphatic rings. The van der Waals surface area contributed by atoms with E-state index in [1.54, 1.807) is 6.07 Å². The summed E-state index contributed by atoms with van der Waals surface area (Å²) < 4.78 is 55.1. The zero-order valence-corrected chi connectivity index (χ0v) is 19.6. The van der Waals surface area contributed by atoms with E-state index in [2.05, 4.69) is 23.4 Å². The predicted octanol–water partition coefficient (Wildman–Crippen LogP) is 2.10. The number of hydrogen-bond donors (Lipinski definition) is 1. The van der Waals surface area contributed by atoms with E-state index in [1.807, 2.05) is 11.9 Å². The molecule has 0 bridgehead atoms. The quantitative estimate of drug-likeness (QED) is 0.328. The molecule has 12 heteroatoms. The minimum Gasteiger partial charge on any atom is -0.375 e. The monoisotopic (exact) mass is 515 g/mol. The van der Waals surface area contributed by atoms with Gasteiger partial charge < -0.3 is 10.0 Å². The molecule has 1 aromatic carbocycles. The van der Waals surface area contributed by atoms with E-state index >= 15 is 0 Å². The number of amides is 1. The SMILES string of the molecule is C=C(F)C(=O)N1CC(n2c(=O)n(-c3ccc(C(F)(F)F)cc3)c3nccc(C#CC4(O)CN(C)C4)c32)C1. The number of likely N-dealkylation sites (N-methyl/N-ethyl adjacent to an activating group) is 1. The third-order valence-corrected chi connectivity index (χ3v) is 6.45. The molecule has 37 heavy (non-hydrogen) atoms. The topological polar surface area (TPSA) is 83.6 Å². The van der Waals surface area contributed by atoms with Crippen molar-refractivity contribution in [1.29, 1.82) is 0 Å². The number of alkyl halides is 3. The fourth-order valence-electron chi connectivity index (χ4n) is 4.68. The second-order valence-electron chi connectivity index (χ2n) is 9.29. The summed E-state index contributed by atoms with van der Waals surface area (Å²) in [6, 6.07) is 5.09. The van der Waals surface area contributed by atoms with Crippen molar-refractivity contribution in [3.8, 4) is 17.5 Å². The van der Waals surface area contributed by atoms with E-state index in [9.17, 15) is 32.3 Å². The van der Waals surface area contributed by atoms with E-state index < -0.39 is 40.8 Å². The van der Waals surface area contributed by atoms with Gasteiger partial charge in [-0.1, -0.05) is 18.4 Å². The number of rotatable bonds is 3. The lowest BCUT2D eigenvalue weighted by molar-refractivity contribution is -0.137. The third-order valence-electron chi connectivity index (χ3n) is 6.45. The Morgan fingerprint density at radius 2 is 1.84 bits per heavy atom. The van der Waals surface area contributed by atoms with Crippen molar-refractivity contribution in [2.45, 2.75) is 17.8 Å². The number of imidazole rings is 1. The number of benzene rings is 1. The summed E-state index contributed by atoms with van der Waals surface area (Å²) in [4.78, 5) is 33.0. The Morgan fingerprint density at radius 3 is 2.41 bits per heavy atom. The van der Waals surface area contributed by atoms with Crippen LogP contribution >= 0.6 is 0 Å². The van der Waals surface area contributed by atoms with Crippen molar-refractivity contribution >= 4 is 17.1 Å².